The number of likely N-dealkylation sites (tertiary alicyclic amines) is 1. The molecule has 46 heavy (non-hydrogen) atoms. The SMILES string of the molecule is CCOc1ccc(N2CC=C[C@]3(C)S[C@]45C=CCN(c6c(C)cccc6C)C(=O)C4N([C@@H](CO)[C@@H](C)CC)C(=O)[C@@H]5[C@@H]3C2=O)cc1. The van der Waals surface area contributed by atoms with Gasteiger partial charge in [0.2, 0.25) is 11.8 Å². The summed E-state index contributed by atoms with van der Waals surface area (Å²) in [6, 6.07) is 12.0. The molecule has 0 radical (unpaired) electrons. The number of amides is 3. The molecule has 1 unspecified atom stereocenters. The molecule has 2 fully saturated rings. The first kappa shape index (κ1) is 32.4. The van der Waals surface area contributed by atoms with Crippen molar-refractivity contribution in [3.63, 3.8) is 0 Å². The second-order valence-corrected chi connectivity index (χ2v) is 15.0. The van der Waals surface area contributed by atoms with Crippen LogP contribution in [0.3, 0.4) is 0 Å². The van der Waals surface area contributed by atoms with Crippen molar-refractivity contribution in [3.8, 4) is 5.75 Å². The Labute approximate surface area is 276 Å². The lowest BCUT2D eigenvalue weighted by Crippen LogP contribution is -2.58. The first-order chi connectivity index (χ1) is 22.0. The standard InChI is InChI=1S/C37H45N3O5S/c1-7-23(3)28(22-41)40-32-35(44)39(31-24(4)12-9-13-25(31)5)21-11-19-37(32)30(34(40)43)29-33(42)38(20-10-18-36(29,6)46-37)26-14-16-27(17-15-26)45-8-2/h9-19,23,28-30,32,41H,7-8,20-22H2,1-6H3/t23-,28-,29+,30-,32?,36-,37-/m0/s1. The minimum Gasteiger partial charge on any atom is -0.494 e. The number of aliphatic hydroxyl groups is 1. The van der Waals surface area contributed by atoms with E-state index in [9.17, 15) is 9.90 Å². The highest BCUT2D eigenvalue weighted by Gasteiger charge is 2.74. The van der Waals surface area contributed by atoms with Crippen molar-refractivity contribution in [1.82, 2.24) is 4.90 Å². The number of hydrogen-bond donors (Lipinski definition) is 1. The van der Waals surface area contributed by atoms with E-state index in [0.29, 0.717) is 19.7 Å². The Bertz CT molecular complexity index is 1570. The van der Waals surface area contributed by atoms with Crippen molar-refractivity contribution in [2.24, 2.45) is 17.8 Å². The van der Waals surface area contributed by atoms with Crippen molar-refractivity contribution in [2.75, 3.05) is 36.1 Å². The van der Waals surface area contributed by atoms with Gasteiger partial charge >= 0.3 is 0 Å². The molecular weight excluding hydrogens is 598 g/mol. The second kappa shape index (κ2) is 12.2. The van der Waals surface area contributed by atoms with E-state index in [1.807, 2.05) is 102 Å². The fourth-order valence-electron chi connectivity index (χ4n) is 8.19. The molecule has 1 spiro atoms. The molecule has 6 rings (SSSR count). The third kappa shape index (κ3) is 4.89. The van der Waals surface area contributed by atoms with Crippen LogP contribution in [0.2, 0.25) is 0 Å². The van der Waals surface area contributed by atoms with Crippen LogP contribution in [0.1, 0.15) is 45.2 Å². The first-order valence-corrected chi connectivity index (χ1v) is 17.2. The molecule has 0 bridgehead atoms. The van der Waals surface area contributed by atoms with E-state index in [1.54, 1.807) is 26.5 Å². The number of nitrogens with zero attached hydrogens (tertiary/aromatic N) is 3. The Kier molecular flexibility index (Phi) is 8.61. The average molecular weight is 644 g/mol. The molecule has 2 aromatic carbocycles. The number of para-hydroxylation sites is 1. The Balaban J connectivity index is 1.49. The molecular formula is C37H45N3O5S. The molecule has 244 valence electrons. The Morgan fingerprint density at radius 2 is 1.57 bits per heavy atom. The summed E-state index contributed by atoms with van der Waals surface area (Å²) in [6.07, 6.45) is 8.86. The number of anilines is 2. The van der Waals surface area contributed by atoms with Crippen LogP contribution in [0.5, 0.6) is 5.75 Å². The van der Waals surface area contributed by atoms with E-state index in [0.717, 1.165) is 34.7 Å². The van der Waals surface area contributed by atoms with E-state index < -0.39 is 33.4 Å². The van der Waals surface area contributed by atoms with E-state index >= 15 is 9.59 Å². The Morgan fingerprint density at radius 3 is 2.20 bits per heavy atom. The second-order valence-electron chi connectivity index (χ2n) is 13.2. The first-order valence-electron chi connectivity index (χ1n) is 16.4. The molecule has 3 amide bonds. The highest BCUT2D eigenvalue weighted by atomic mass is 32.2. The van der Waals surface area contributed by atoms with Crippen LogP contribution < -0.4 is 14.5 Å². The number of benzene rings is 2. The fourth-order valence-corrected chi connectivity index (χ4v) is 10.3. The van der Waals surface area contributed by atoms with Gasteiger partial charge in [-0.1, -0.05) is 62.8 Å². The number of carbonyl (C=O) groups excluding carboxylic acids is 3. The van der Waals surface area contributed by atoms with E-state index in [2.05, 4.69) is 6.08 Å². The normalized spacial score (nSPS) is 30.1. The zero-order valence-corrected chi connectivity index (χ0v) is 28.4. The highest BCUT2D eigenvalue weighted by molar-refractivity contribution is 8.02. The van der Waals surface area contributed by atoms with Crippen LogP contribution in [0.4, 0.5) is 11.4 Å². The predicted octanol–water partition coefficient (Wildman–Crippen LogP) is 5.30. The molecule has 1 N–H and O–H groups in total. The topological polar surface area (TPSA) is 90.4 Å². The summed E-state index contributed by atoms with van der Waals surface area (Å²) in [5.41, 5.74) is 3.53. The van der Waals surface area contributed by atoms with Crippen LogP contribution in [-0.4, -0.2) is 75.6 Å². The summed E-state index contributed by atoms with van der Waals surface area (Å²) < 4.78 is 3.90. The average Bonchev–Trinajstić information content (AvgIpc) is 3.30. The van der Waals surface area contributed by atoms with Gasteiger partial charge in [-0.05, 0) is 69.0 Å². The number of thioether (sulfide) groups is 1. The van der Waals surface area contributed by atoms with Gasteiger partial charge in [-0.25, -0.2) is 0 Å². The minimum atomic E-state index is -0.998. The number of hydrogen-bond acceptors (Lipinski definition) is 6. The molecule has 2 saturated heterocycles. The van der Waals surface area contributed by atoms with Crippen molar-refractivity contribution < 1.29 is 24.2 Å². The Morgan fingerprint density at radius 1 is 0.913 bits per heavy atom. The summed E-state index contributed by atoms with van der Waals surface area (Å²) >= 11 is 1.57. The van der Waals surface area contributed by atoms with Gasteiger partial charge in [0.15, 0.2) is 0 Å². The summed E-state index contributed by atoms with van der Waals surface area (Å²) in [5.74, 6) is -1.38. The van der Waals surface area contributed by atoms with Gasteiger partial charge in [-0.15, -0.1) is 11.8 Å². The van der Waals surface area contributed by atoms with Gasteiger partial charge in [0, 0.05) is 29.2 Å². The lowest BCUT2D eigenvalue weighted by Gasteiger charge is -2.41. The van der Waals surface area contributed by atoms with Gasteiger partial charge in [-0.2, -0.15) is 0 Å². The van der Waals surface area contributed by atoms with Crippen LogP contribution in [-0.2, 0) is 14.4 Å². The van der Waals surface area contributed by atoms with Crippen molar-refractivity contribution in [2.45, 2.75) is 69.5 Å². The fraction of sp³-hybridized carbons (Fsp3) is 0.486. The maximum atomic E-state index is 15.1. The monoisotopic (exact) mass is 643 g/mol. The third-order valence-electron chi connectivity index (χ3n) is 10.5. The molecule has 0 aliphatic carbocycles. The smallest absolute Gasteiger partial charge is 0.251 e. The number of ether oxygens (including phenoxy) is 1. The van der Waals surface area contributed by atoms with Gasteiger partial charge in [0.05, 0.1) is 35.8 Å². The number of aliphatic hydroxyl groups excluding tert-OH is 1. The van der Waals surface area contributed by atoms with Gasteiger partial charge in [0.25, 0.3) is 5.91 Å². The molecule has 9 heteroatoms. The predicted molar refractivity (Wildman–Crippen MR) is 183 cm³/mol. The van der Waals surface area contributed by atoms with Crippen molar-refractivity contribution >= 4 is 40.9 Å². The van der Waals surface area contributed by atoms with Crippen molar-refractivity contribution in [1.29, 1.82) is 0 Å². The van der Waals surface area contributed by atoms with Gasteiger partial charge < -0.3 is 24.5 Å². The molecule has 4 aliphatic rings. The van der Waals surface area contributed by atoms with Crippen LogP contribution in [0.15, 0.2) is 66.8 Å². The zero-order valence-electron chi connectivity index (χ0n) is 27.6. The zero-order chi connectivity index (χ0) is 33.0. The van der Waals surface area contributed by atoms with E-state index in [-0.39, 0.29) is 30.2 Å². The third-order valence-corrected chi connectivity index (χ3v) is 12.3. The van der Waals surface area contributed by atoms with Gasteiger partial charge in [0.1, 0.15) is 11.8 Å². The van der Waals surface area contributed by atoms with Crippen LogP contribution >= 0.6 is 11.8 Å². The summed E-state index contributed by atoms with van der Waals surface area (Å²) in [6.45, 7) is 13.0. The summed E-state index contributed by atoms with van der Waals surface area (Å²) in [5, 5.41) is 10.8. The molecule has 8 nitrogen and oxygen atoms in total. The number of carbonyl (C=O) groups is 3. The lowest BCUT2D eigenvalue weighted by molar-refractivity contribution is -0.143. The van der Waals surface area contributed by atoms with Crippen LogP contribution in [0, 0.1) is 31.6 Å². The molecule has 4 aliphatic heterocycles. The molecule has 0 aromatic heterocycles. The molecule has 0 saturated carbocycles. The quantitative estimate of drug-likeness (QED) is 0.393. The number of aryl methyl sites for hydroxylation is 2. The van der Waals surface area contributed by atoms with Crippen LogP contribution in [0.25, 0.3) is 0 Å². The number of rotatable bonds is 8. The van der Waals surface area contributed by atoms with E-state index in [1.165, 1.54) is 0 Å². The maximum Gasteiger partial charge on any atom is 0.251 e. The summed E-state index contributed by atoms with van der Waals surface area (Å²) in [4.78, 5) is 50.1. The Hall–Kier alpha value is -3.56. The summed E-state index contributed by atoms with van der Waals surface area (Å²) in [7, 11) is 0. The molecule has 4 heterocycles. The molecule has 7 atom stereocenters. The van der Waals surface area contributed by atoms with Gasteiger partial charge in [-0.3, -0.25) is 14.4 Å². The molecule has 2 aromatic rings. The minimum absolute atomic E-state index is 0.0556. The number of fused-ring (bicyclic) bond motifs is 2. The largest absolute Gasteiger partial charge is 0.494 e. The van der Waals surface area contributed by atoms with Crippen molar-refractivity contribution in [3.05, 3.63) is 77.9 Å². The maximum absolute atomic E-state index is 15.1. The highest BCUT2D eigenvalue weighted by Crippen LogP contribution is 2.66. The van der Waals surface area contributed by atoms with E-state index in [4.69, 9.17) is 4.74 Å². The lowest BCUT2D eigenvalue weighted by atomic mass is 9.74.